The zero-order valence-electron chi connectivity index (χ0n) is 10.8. The Morgan fingerprint density at radius 1 is 1.05 bits per heavy atom. The first-order valence-electron chi connectivity index (χ1n) is 6.35. The lowest BCUT2D eigenvalue weighted by atomic mass is 9.99. The van der Waals surface area contributed by atoms with Gasteiger partial charge in [-0.05, 0) is 23.3 Å². The van der Waals surface area contributed by atoms with Gasteiger partial charge < -0.3 is 0 Å². The Morgan fingerprint density at radius 3 is 2.42 bits per heavy atom. The molecule has 1 unspecified atom stereocenters. The van der Waals surface area contributed by atoms with Gasteiger partial charge in [0, 0.05) is 13.5 Å². The van der Waals surface area contributed by atoms with Crippen molar-refractivity contribution in [2.45, 2.75) is 12.5 Å². The minimum Gasteiger partial charge on any atom is -0.292 e. The van der Waals surface area contributed by atoms with E-state index in [2.05, 4.69) is 17.2 Å². The Kier molecular flexibility index (Phi) is 3.03. The highest BCUT2D eigenvalue weighted by atomic mass is 19.1. The zero-order chi connectivity index (χ0) is 13.2. The largest absolute Gasteiger partial charge is 0.292 e. The van der Waals surface area contributed by atoms with Gasteiger partial charge in [-0.25, -0.2) is 4.39 Å². The fourth-order valence-electron chi connectivity index (χ4n) is 2.44. The van der Waals surface area contributed by atoms with Gasteiger partial charge in [0.05, 0.1) is 11.8 Å². The fraction of sp³-hybridized carbons (Fsp3) is 0.188. The summed E-state index contributed by atoms with van der Waals surface area (Å²) >= 11 is 0. The van der Waals surface area contributed by atoms with Crippen molar-refractivity contribution in [3.63, 3.8) is 0 Å². The van der Waals surface area contributed by atoms with Gasteiger partial charge in [0.1, 0.15) is 5.82 Å². The van der Waals surface area contributed by atoms with Crippen LogP contribution in [-0.4, -0.2) is 17.8 Å². The first-order valence-corrected chi connectivity index (χ1v) is 6.35. The first-order chi connectivity index (χ1) is 9.24. The molecule has 0 spiro atoms. The third-order valence-corrected chi connectivity index (χ3v) is 3.48. The van der Waals surface area contributed by atoms with Crippen LogP contribution in [0.25, 0.3) is 0 Å². The van der Waals surface area contributed by atoms with Crippen LogP contribution in [0.1, 0.15) is 23.6 Å². The highest BCUT2D eigenvalue weighted by Gasteiger charge is 2.25. The molecule has 1 aliphatic heterocycles. The number of benzene rings is 2. The molecule has 1 aliphatic rings. The minimum absolute atomic E-state index is 0.213. The normalized spacial score (nSPS) is 18.5. The van der Waals surface area contributed by atoms with Gasteiger partial charge in [-0.3, -0.25) is 5.01 Å². The molecule has 3 heteroatoms. The number of hydrazone groups is 1. The molecule has 0 aromatic heterocycles. The summed E-state index contributed by atoms with van der Waals surface area (Å²) in [5, 5.41) is 6.55. The van der Waals surface area contributed by atoms with Crippen LogP contribution in [0, 0.1) is 5.82 Å². The molecular weight excluding hydrogens is 239 g/mol. The van der Waals surface area contributed by atoms with Gasteiger partial charge in [0.15, 0.2) is 0 Å². The van der Waals surface area contributed by atoms with Crippen LogP contribution in [-0.2, 0) is 0 Å². The topological polar surface area (TPSA) is 15.6 Å². The van der Waals surface area contributed by atoms with E-state index >= 15 is 0 Å². The van der Waals surface area contributed by atoms with E-state index in [-0.39, 0.29) is 11.9 Å². The van der Waals surface area contributed by atoms with Crippen LogP contribution < -0.4 is 0 Å². The molecule has 0 amide bonds. The Labute approximate surface area is 112 Å². The third-order valence-electron chi connectivity index (χ3n) is 3.48. The molecule has 3 rings (SSSR count). The van der Waals surface area contributed by atoms with Crippen LogP contribution in [0.15, 0.2) is 59.7 Å². The van der Waals surface area contributed by atoms with Gasteiger partial charge in [-0.15, -0.1) is 0 Å². The molecule has 0 aliphatic carbocycles. The maximum absolute atomic E-state index is 12.9. The smallest absolute Gasteiger partial charge is 0.123 e. The molecule has 1 heterocycles. The number of hydrogen-bond acceptors (Lipinski definition) is 2. The van der Waals surface area contributed by atoms with Gasteiger partial charge in [0.2, 0.25) is 0 Å². The summed E-state index contributed by atoms with van der Waals surface area (Å²) in [4.78, 5) is 0. The molecule has 0 bridgehead atoms. The second-order valence-electron chi connectivity index (χ2n) is 4.76. The highest BCUT2D eigenvalue weighted by molar-refractivity contribution is 6.01. The Morgan fingerprint density at radius 2 is 1.74 bits per heavy atom. The fourth-order valence-corrected chi connectivity index (χ4v) is 2.44. The SMILES string of the molecule is CN1N=C(c2ccc(F)cc2)CC1c1ccccc1. The van der Waals surface area contributed by atoms with Crippen molar-refractivity contribution in [3.8, 4) is 0 Å². The quantitative estimate of drug-likeness (QED) is 0.799. The number of hydrogen-bond donors (Lipinski definition) is 0. The van der Waals surface area contributed by atoms with Crippen LogP contribution in [0.2, 0.25) is 0 Å². The summed E-state index contributed by atoms with van der Waals surface area (Å²) in [5.41, 5.74) is 3.26. The van der Waals surface area contributed by atoms with Crippen molar-refractivity contribution in [1.82, 2.24) is 5.01 Å². The average Bonchev–Trinajstić information content (AvgIpc) is 2.83. The van der Waals surface area contributed by atoms with Crippen molar-refractivity contribution in [2.24, 2.45) is 5.10 Å². The predicted octanol–water partition coefficient (Wildman–Crippen LogP) is 3.61. The van der Waals surface area contributed by atoms with Crippen LogP contribution in [0.5, 0.6) is 0 Å². The lowest BCUT2D eigenvalue weighted by Crippen LogP contribution is -2.13. The molecule has 2 aromatic rings. The standard InChI is InChI=1S/C16H15FN2/c1-19-16(13-5-3-2-4-6-13)11-15(18-19)12-7-9-14(17)10-8-12/h2-10,16H,11H2,1H3. The maximum atomic E-state index is 12.9. The molecular formula is C16H15FN2. The van der Waals surface area contributed by atoms with E-state index in [1.165, 1.54) is 17.7 Å². The summed E-state index contributed by atoms with van der Waals surface area (Å²) < 4.78 is 12.9. The Balaban J connectivity index is 1.84. The minimum atomic E-state index is -0.213. The zero-order valence-corrected chi connectivity index (χ0v) is 10.8. The summed E-state index contributed by atoms with van der Waals surface area (Å²) in [6.07, 6.45) is 0.853. The third kappa shape index (κ3) is 2.36. The van der Waals surface area contributed by atoms with E-state index < -0.39 is 0 Å². The molecule has 0 radical (unpaired) electrons. The molecule has 0 fully saturated rings. The molecule has 0 saturated carbocycles. The van der Waals surface area contributed by atoms with E-state index in [0.717, 1.165) is 17.7 Å². The molecule has 19 heavy (non-hydrogen) atoms. The second kappa shape index (κ2) is 4.84. The highest BCUT2D eigenvalue weighted by Crippen LogP contribution is 2.30. The summed E-state index contributed by atoms with van der Waals surface area (Å²) in [5.74, 6) is -0.213. The van der Waals surface area contributed by atoms with E-state index in [1.807, 2.05) is 30.3 Å². The van der Waals surface area contributed by atoms with Crippen LogP contribution in [0.3, 0.4) is 0 Å². The summed E-state index contributed by atoms with van der Waals surface area (Å²) in [6, 6.07) is 17.1. The van der Waals surface area contributed by atoms with Crippen molar-refractivity contribution < 1.29 is 4.39 Å². The predicted molar refractivity (Wildman–Crippen MR) is 74.5 cm³/mol. The monoisotopic (exact) mass is 254 g/mol. The molecule has 96 valence electrons. The van der Waals surface area contributed by atoms with Gasteiger partial charge in [-0.1, -0.05) is 42.5 Å². The Bertz CT molecular complexity index is 590. The van der Waals surface area contributed by atoms with E-state index in [9.17, 15) is 4.39 Å². The van der Waals surface area contributed by atoms with Crippen molar-refractivity contribution >= 4 is 5.71 Å². The van der Waals surface area contributed by atoms with E-state index in [1.54, 1.807) is 12.1 Å². The molecule has 1 atom stereocenters. The summed E-state index contributed by atoms with van der Waals surface area (Å²) in [7, 11) is 1.98. The van der Waals surface area contributed by atoms with E-state index in [0.29, 0.717) is 0 Å². The van der Waals surface area contributed by atoms with Gasteiger partial charge in [0.25, 0.3) is 0 Å². The summed E-state index contributed by atoms with van der Waals surface area (Å²) in [6.45, 7) is 0. The molecule has 0 saturated heterocycles. The van der Waals surface area contributed by atoms with Gasteiger partial charge in [-0.2, -0.15) is 5.10 Å². The van der Waals surface area contributed by atoms with Crippen molar-refractivity contribution in [2.75, 3.05) is 7.05 Å². The molecule has 2 aromatic carbocycles. The molecule has 0 N–H and O–H groups in total. The van der Waals surface area contributed by atoms with Crippen molar-refractivity contribution in [3.05, 3.63) is 71.5 Å². The van der Waals surface area contributed by atoms with Crippen LogP contribution >= 0.6 is 0 Å². The lowest BCUT2D eigenvalue weighted by molar-refractivity contribution is 0.290. The average molecular weight is 254 g/mol. The maximum Gasteiger partial charge on any atom is 0.123 e. The lowest BCUT2D eigenvalue weighted by Gasteiger charge is -2.18. The Hall–Kier alpha value is -2.16. The first kappa shape index (κ1) is 11.9. The van der Waals surface area contributed by atoms with Crippen molar-refractivity contribution in [1.29, 1.82) is 0 Å². The van der Waals surface area contributed by atoms with Gasteiger partial charge >= 0.3 is 0 Å². The van der Waals surface area contributed by atoms with E-state index in [4.69, 9.17) is 0 Å². The number of rotatable bonds is 2. The van der Waals surface area contributed by atoms with Crippen LogP contribution in [0.4, 0.5) is 4.39 Å². The second-order valence-corrected chi connectivity index (χ2v) is 4.76. The number of halogens is 1. The molecule has 2 nitrogen and oxygen atoms in total. The number of nitrogens with zero attached hydrogens (tertiary/aromatic N) is 2.